The van der Waals surface area contributed by atoms with Crippen molar-refractivity contribution in [3.8, 4) is 0 Å². The molecule has 2 aliphatic heterocycles. The van der Waals surface area contributed by atoms with Crippen LogP contribution in [0.25, 0.3) is 0 Å². The van der Waals surface area contributed by atoms with Gasteiger partial charge in [-0.05, 0) is 56.9 Å². The van der Waals surface area contributed by atoms with Crippen LogP contribution in [0.4, 0.5) is 5.69 Å². The maximum Gasteiger partial charge on any atom is 0.243 e. The second kappa shape index (κ2) is 7.33. The molecule has 148 valence electrons. The van der Waals surface area contributed by atoms with Gasteiger partial charge in [0.1, 0.15) is 0 Å². The zero-order valence-corrected chi connectivity index (χ0v) is 17.2. The van der Waals surface area contributed by atoms with E-state index in [1.165, 1.54) is 9.87 Å². The average Bonchev–Trinajstić information content (AvgIpc) is 3.03. The Morgan fingerprint density at radius 3 is 2.54 bits per heavy atom. The number of nitrogens with zero attached hydrogens (tertiary/aromatic N) is 2. The lowest BCUT2D eigenvalue weighted by molar-refractivity contribution is -0.123. The number of para-hydroxylation sites is 1. The number of anilines is 1. The molecule has 1 fully saturated rings. The van der Waals surface area contributed by atoms with E-state index in [1.54, 1.807) is 12.1 Å². The lowest BCUT2D eigenvalue weighted by Gasteiger charge is -2.34. The summed E-state index contributed by atoms with van der Waals surface area (Å²) in [5.41, 5.74) is 3.18. The summed E-state index contributed by atoms with van der Waals surface area (Å²) in [6, 6.07) is 15.0. The molecule has 2 aliphatic rings. The van der Waals surface area contributed by atoms with Crippen LogP contribution in [0.15, 0.2) is 53.4 Å². The van der Waals surface area contributed by atoms with Crippen LogP contribution in [0.5, 0.6) is 0 Å². The third-order valence-corrected chi connectivity index (χ3v) is 7.72. The highest BCUT2D eigenvalue weighted by atomic mass is 32.2. The van der Waals surface area contributed by atoms with Crippen molar-refractivity contribution in [1.29, 1.82) is 0 Å². The molecule has 0 unspecified atom stereocenters. The Morgan fingerprint density at radius 1 is 1.07 bits per heavy atom. The van der Waals surface area contributed by atoms with Gasteiger partial charge in [0.05, 0.1) is 10.8 Å². The summed E-state index contributed by atoms with van der Waals surface area (Å²) in [6.07, 6.45) is 2.27. The van der Waals surface area contributed by atoms with Gasteiger partial charge < -0.3 is 4.90 Å². The van der Waals surface area contributed by atoms with Gasteiger partial charge in [0.25, 0.3) is 0 Å². The minimum Gasteiger partial charge on any atom is -0.309 e. The van der Waals surface area contributed by atoms with Crippen LogP contribution in [-0.2, 0) is 21.2 Å². The molecule has 0 bridgehead atoms. The topological polar surface area (TPSA) is 57.7 Å². The highest BCUT2D eigenvalue weighted by molar-refractivity contribution is 7.89. The zero-order chi connectivity index (χ0) is 19.9. The summed E-state index contributed by atoms with van der Waals surface area (Å²) in [5.74, 6) is -0.260. The number of hydrogen-bond acceptors (Lipinski definition) is 3. The van der Waals surface area contributed by atoms with E-state index in [0.717, 1.165) is 24.1 Å². The quantitative estimate of drug-likeness (QED) is 0.796. The molecule has 0 radical (unpaired) electrons. The normalized spacial score (nSPS) is 22.9. The summed E-state index contributed by atoms with van der Waals surface area (Å²) >= 11 is 0. The van der Waals surface area contributed by atoms with Gasteiger partial charge in [-0.15, -0.1) is 0 Å². The summed E-state index contributed by atoms with van der Waals surface area (Å²) in [6.45, 7) is 4.70. The fourth-order valence-electron chi connectivity index (χ4n) is 4.32. The van der Waals surface area contributed by atoms with Crippen molar-refractivity contribution in [3.05, 3.63) is 59.7 Å². The van der Waals surface area contributed by atoms with Crippen LogP contribution >= 0.6 is 0 Å². The van der Waals surface area contributed by atoms with E-state index in [2.05, 4.69) is 13.0 Å². The van der Waals surface area contributed by atoms with Crippen molar-refractivity contribution < 1.29 is 13.2 Å². The first-order valence-electron chi connectivity index (χ1n) is 9.86. The minimum atomic E-state index is -3.58. The number of amides is 1. The molecule has 2 aromatic carbocycles. The van der Waals surface area contributed by atoms with Crippen molar-refractivity contribution in [2.75, 3.05) is 18.0 Å². The summed E-state index contributed by atoms with van der Waals surface area (Å²) < 4.78 is 27.6. The van der Waals surface area contributed by atoms with Crippen molar-refractivity contribution in [1.82, 2.24) is 4.31 Å². The van der Waals surface area contributed by atoms with E-state index in [1.807, 2.05) is 42.2 Å². The van der Waals surface area contributed by atoms with Gasteiger partial charge in [0, 0.05) is 24.8 Å². The van der Waals surface area contributed by atoms with E-state index >= 15 is 0 Å². The van der Waals surface area contributed by atoms with Crippen LogP contribution in [-0.4, -0.2) is 37.8 Å². The molecule has 2 atom stereocenters. The lowest BCUT2D eigenvalue weighted by Crippen LogP contribution is -2.48. The Morgan fingerprint density at radius 2 is 1.79 bits per heavy atom. The molecule has 0 N–H and O–H groups in total. The Labute approximate surface area is 167 Å². The molecule has 0 saturated carbocycles. The molecule has 4 rings (SSSR count). The molecule has 0 aromatic heterocycles. The van der Waals surface area contributed by atoms with Crippen LogP contribution in [0.1, 0.15) is 30.9 Å². The molecule has 0 spiro atoms. The largest absolute Gasteiger partial charge is 0.309 e. The van der Waals surface area contributed by atoms with Gasteiger partial charge in [-0.2, -0.15) is 4.31 Å². The number of benzene rings is 2. The maximum atomic E-state index is 13.3. The van der Waals surface area contributed by atoms with Crippen molar-refractivity contribution >= 4 is 21.6 Å². The number of sulfonamides is 1. The van der Waals surface area contributed by atoms with Crippen molar-refractivity contribution in [2.45, 2.75) is 44.0 Å². The molecule has 2 heterocycles. The molecule has 5 nitrogen and oxygen atoms in total. The second-order valence-corrected chi connectivity index (χ2v) is 9.84. The summed E-state index contributed by atoms with van der Waals surface area (Å²) in [5, 5.41) is 0. The van der Waals surface area contributed by atoms with Crippen molar-refractivity contribution in [3.63, 3.8) is 0 Å². The molecular weight excluding hydrogens is 372 g/mol. The fraction of sp³-hybridized carbons (Fsp3) is 0.409. The number of piperidine rings is 1. The van der Waals surface area contributed by atoms with E-state index in [4.69, 9.17) is 0 Å². The van der Waals surface area contributed by atoms with Gasteiger partial charge in [0.15, 0.2) is 0 Å². The smallest absolute Gasteiger partial charge is 0.243 e. The first-order chi connectivity index (χ1) is 13.4. The molecule has 2 aromatic rings. The van der Waals surface area contributed by atoms with E-state index in [0.29, 0.717) is 17.9 Å². The van der Waals surface area contributed by atoms with Crippen LogP contribution < -0.4 is 4.90 Å². The highest BCUT2D eigenvalue weighted by Gasteiger charge is 2.39. The molecule has 1 amide bonds. The maximum absolute atomic E-state index is 13.3. The Bertz CT molecular complexity index is 985. The van der Waals surface area contributed by atoms with Crippen LogP contribution in [0, 0.1) is 12.8 Å². The summed E-state index contributed by atoms with van der Waals surface area (Å²) in [4.78, 5) is 15.5. The van der Waals surface area contributed by atoms with E-state index in [-0.39, 0.29) is 24.4 Å². The zero-order valence-electron chi connectivity index (χ0n) is 16.3. The summed E-state index contributed by atoms with van der Waals surface area (Å²) in [7, 11) is -3.58. The van der Waals surface area contributed by atoms with Gasteiger partial charge in [-0.3, -0.25) is 4.79 Å². The second-order valence-electron chi connectivity index (χ2n) is 7.91. The Balaban J connectivity index is 1.56. The first-order valence-corrected chi connectivity index (χ1v) is 11.3. The molecule has 0 aliphatic carbocycles. The van der Waals surface area contributed by atoms with Gasteiger partial charge in [-0.1, -0.05) is 35.9 Å². The molecule has 1 saturated heterocycles. The molecular formula is C22H26N2O3S. The third-order valence-electron chi connectivity index (χ3n) is 5.84. The molecule has 28 heavy (non-hydrogen) atoms. The number of rotatable bonds is 3. The molecule has 6 heteroatoms. The number of hydrogen-bond donors (Lipinski definition) is 0. The SMILES string of the molecule is Cc1ccc(S(=O)(=O)N2CCC[C@H](C(=O)N3c4ccccc4C[C@@H]3C)C2)cc1. The van der Waals surface area contributed by atoms with Gasteiger partial charge in [-0.25, -0.2) is 8.42 Å². The Hall–Kier alpha value is -2.18. The predicted molar refractivity (Wildman–Crippen MR) is 110 cm³/mol. The van der Waals surface area contributed by atoms with Gasteiger partial charge >= 0.3 is 0 Å². The van der Waals surface area contributed by atoms with Crippen molar-refractivity contribution in [2.24, 2.45) is 5.92 Å². The fourth-order valence-corrected chi connectivity index (χ4v) is 5.84. The van der Waals surface area contributed by atoms with Gasteiger partial charge in [0.2, 0.25) is 15.9 Å². The van der Waals surface area contributed by atoms with E-state index < -0.39 is 10.0 Å². The first kappa shape index (κ1) is 19.2. The predicted octanol–water partition coefficient (Wildman–Crippen LogP) is 3.37. The monoisotopic (exact) mass is 398 g/mol. The highest BCUT2D eigenvalue weighted by Crippen LogP contribution is 2.35. The third kappa shape index (κ3) is 3.35. The van der Waals surface area contributed by atoms with E-state index in [9.17, 15) is 13.2 Å². The number of carbonyl (C=O) groups is 1. The Kier molecular flexibility index (Phi) is 5.02. The number of aryl methyl sites for hydroxylation is 1. The average molecular weight is 399 g/mol. The minimum absolute atomic E-state index is 0.0428. The lowest BCUT2D eigenvalue weighted by atomic mass is 9.97. The standard InChI is InChI=1S/C22H26N2O3S/c1-16-9-11-20(12-10-16)28(26,27)23-13-5-7-19(15-23)22(25)24-17(2)14-18-6-3-4-8-21(18)24/h3-4,6,8-12,17,19H,5,7,13-15H2,1-2H3/t17-,19-/m0/s1. The van der Waals surface area contributed by atoms with Crippen LogP contribution in [0.3, 0.4) is 0 Å². The number of fused-ring (bicyclic) bond motifs is 1. The number of carbonyl (C=O) groups excluding carboxylic acids is 1. The van der Waals surface area contributed by atoms with Crippen LogP contribution in [0.2, 0.25) is 0 Å².